The fourth-order valence-corrected chi connectivity index (χ4v) is 21.1. The van der Waals surface area contributed by atoms with Gasteiger partial charge in [-0.15, -0.1) is 0 Å². The van der Waals surface area contributed by atoms with E-state index in [4.69, 9.17) is 66.3 Å². The van der Waals surface area contributed by atoms with Crippen LogP contribution in [0.2, 0.25) is 0 Å². The molecule has 126 heavy (non-hydrogen) atoms. The Balaban J connectivity index is 0.0000113. The van der Waals surface area contributed by atoms with Gasteiger partial charge in [-0.25, -0.2) is 0 Å². The first-order valence-electron chi connectivity index (χ1n) is 38.8. The summed E-state index contributed by atoms with van der Waals surface area (Å²) in [5, 5.41) is 251. The molecule has 0 amide bonds. The van der Waals surface area contributed by atoms with Crippen LogP contribution in [0, 0.1) is 0 Å². The van der Waals surface area contributed by atoms with Gasteiger partial charge in [0, 0.05) is 82.1 Å². The Morgan fingerprint density at radius 1 is 0.183 bits per heavy atom. The summed E-state index contributed by atoms with van der Waals surface area (Å²) < 4.78 is 88.5. The number of rotatable bonds is 42. The Hall–Kier alpha value is 4.62. The number of carbonyl (C=O) groups excluding carboxylic acids is 7. The number of carboxylic acid groups (broad SMARTS) is 7. The second-order valence-electron chi connectivity index (χ2n) is 29.2. The average molecular weight is 2000 g/mol. The molecule has 21 fully saturated rings. The van der Waals surface area contributed by atoms with Gasteiger partial charge in [0.2, 0.25) is 0 Å². The van der Waals surface area contributed by atoms with E-state index in [1.807, 2.05) is 0 Å². The van der Waals surface area contributed by atoms with Crippen LogP contribution in [0.25, 0.3) is 0 Å². The van der Waals surface area contributed by atoms with Gasteiger partial charge < -0.3 is 207 Å². The van der Waals surface area contributed by atoms with Crippen molar-refractivity contribution in [1.29, 1.82) is 0 Å². The van der Waals surface area contributed by atoms with Crippen molar-refractivity contribution in [1.82, 2.24) is 0 Å². The second kappa shape index (κ2) is 66.5. The van der Waals surface area contributed by atoms with Crippen LogP contribution in [-0.2, 0) is 99.9 Å². The van der Waals surface area contributed by atoms with Gasteiger partial charge in [-0.05, 0) is 130 Å². The van der Waals surface area contributed by atoms with Crippen LogP contribution >= 0.6 is 82.3 Å². The van der Waals surface area contributed by atoms with Crippen molar-refractivity contribution in [2.45, 2.75) is 305 Å². The molecule has 0 saturated carbocycles. The van der Waals surface area contributed by atoms with Crippen molar-refractivity contribution in [3.63, 3.8) is 0 Å². The maximum atomic E-state index is 12.3. The van der Waals surface area contributed by atoms with Gasteiger partial charge in [0.15, 0.2) is 44.0 Å². The fraction of sp³-hybridized carbons (Fsp3) is 0.900. The van der Waals surface area contributed by atoms with E-state index >= 15 is 0 Å². The number of aliphatic carboxylic acids is 7. The minimum absolute atomic E-state index is 0. The van der Waals surface area contributed by atoms with Gasteiger partial charge >= 0.3 is 207 Å². The van der Waals surface area contributed by atoms with Gasteiger partial charge in [-0.1, -0.05) is 0 Å². The smallest absolute Gasteiger partial charge is 0.550 e. The third-order valence-electron chi connectivity index (χ3n) is 20.2. The Morgan fingerprint density at radius 2 is 0.286 bits per heavy atom. The number of thioether (sulfide) groups is 7. The van der Waals surface area contributed by atoms with Crippen molar-refractivity contribution >= 4 is 124 Å². The van der Waals surface area contributed by atoms with E-state index in [-0.39, 0.29) is 332 Å². The van der Waals surface area contributed by atoms with Gasteiger partial charge in [-0.3, -0.25) is 0 Å². The van der Waals surface area contributed by atoms with Crippen LogP contribution in [0.5, 0.6) is 0 Å². The molecule has 21 heterocycles. The van der Waals surface area contributed by atoms with Crippen molar-refractivity contribution in [2.24, 2.45) is 0 Å². The molecule has 686 valence electrons. The summed E-state index contributed by atoms with van der Waals surface area (Å²) in [6.45, 7) is 0. The Morgan fingerprint density at radius 3 is 0.381 bits per heavy atom. The molecule has 21 rings (SSSR count). The Kier molecular flexibility index (Phi) is 67.8. The fourth-order valence-electron chi connectivity index (χ4n) is 14.0. The molecule has 21 saturated heterocycles. The van der Waals surface area contributed by atoms with Crippen molar-refractivity contribution in [3.8, 4) is 0 Å². The summed E-state index contributed by atoms with van der Waals surface area (Å²) in [5.74, 6) is -11.2. The third kappa shape index (κ3) is 40.1. The van der Waals surface area contributed by atoms with Gasteiger partial charge in [0.05, 0.1) is 42.7 Å². The van der Waals surface area contributed by atoms with Crippen molar-refractivity contribution in [2.75, 3.05) is 80.5 Å². The number of carboxylic acids is 7. The molecule has 0 radical (unpaired) electrons. The molecule has 56 heteroatoms. The van der Waals surface area contributed by atoms with Gasteiger partial charge in [-0.2, -0.15) is 82.3 Å². The molecule has 21 aliphatic heterocycles. The van der Waals surface area contributed by atoms with E-state index in [9.17, 15) is 141 Å². The molecular weight excluding hydrogens is 1900 g/mol. The standard InChI is InChI=1S/C70H112O42S7.7Na/c71-36(72)8-1-15-113-22-29-57-43(85)50(92)64(99-29)107-58-30(23-114-16-2-9-37(73)74)101-66(52(94)45(58)87)109-60-32(25-116-18-4-11-39(77)78)103-68(54(96)47(60)89)111-62-34(27-118-20-6-13-41(81)82)105-70(56(98)49(62)91)112-63-35(28-119-21-7-14-42(83)84)104-69(55(97)48(63)90)110-61-33(26-117-19-5-12-40(79)80)102-67(53(95)46(61)88)108-59-31(24-115-17-3-10-38(75)76)100-65(106-57)51(93)44(59)86;;;;;;;/h29-35,43-70,85-98H,1-28H2,(H,71,72)(H,73,74)(H,75,76)(H,77,78)(H,79,80)(H,81,82)(H,83,84);;;;;;;/q;7*+1/p-7/t29?,30?,31?,32?,33?,34?,35?,43?,44?,45?,46?,47?,48?,49?,50?,51?,52?,53?,54?,55?,56?,57-,58-,59-,60-,61-,62-,63-,64-,65-,66-,67-,68-,69-,70+;;;;;;;/m1......./s1. The molecule has 0 aromatic carbocycles. The zero-order valence-corrected chi connectivity index (χ0v) is 90.8. The van der Waals surface area contributed by atoms with E-state index in [1.54, 1.807) is 0 Å². The minimum Gasteiger partial charge on any atom is -0.550 e. The monoisotopic (exact) mass is 2000 g/mol. The van der Waals surface area contributed by atoms with Crippen LogP contribution in [0.15, 0.2) is 0 Å². The van der Waals surface area contributed by atoms with Crippen LogP contribution in [-0.4, -0.2) is 409 Å². The Labute approximate surface area is 911 Å². The zero-order chi connectivity index (χ0) is 86.9. The number of aliphatic hydroxyl groups is 14. The summed E-state index contributed by atoms with van der Waals surface area (Å²) in [6, 6.07) is 0. The van der Waals surface area contributed by atoms with Gasteiger partial charge in [0.1, 0.15) is 128 Å². The number of ether oxygens (including phenoxy) is 14. The van der Waals surface area contributed by atoms with E-state index in [0.717, 1.165) is 82.3 Å². The van der Waals surface area contributed by atoms with Crippen LogP contribution in [0.4, 0.5) is 0 Å². The molecule has 0 aromatic heterocycles. The number of aliphatic hydroxyl groups excluding tert-OH is 14. The third-order valence-corrected chi connectivity index (χ3v) is 28.2. The summed E-state index contributed by atoms with van der Waals surface area (Å²) in [4.78, 5) is 80.4. The maximum Gasteiger partial charge on any atom is 1.00 e. The van der Waals surface area contributed by atoms with Crippen molar-refractivity contribution < 1.29 is 414 Å². The first kappa shape index (κ1) is 129. The van der Waals surface area contributed by atoms with Crippen LogP contribution in [0.1, 0.15) is 89.9 Å². The van der Waals surface area contributed by atoms with Crippen molar-refractivity contribution in [3.05, 3.63) is 0 Å². The molecule has 21 aliphatic rings. The molecule has 0 aromatic rings. The molecule has 0 spiro atoms. The first-order chi connectivity index (χ1) is 56.6. The maximum absolute atomic E-state index is 12.3. The zero-order valence-electron chi connectivity index (χ0n) is 71.1. The molecular formula is C70H105Na7O42S7. The summed E-state index contributed by atoms with van der Waals surface area (Å²) in [6.07, 6.45) is -72.1. The van der Waals surface area contributed by atoms with Gasteiger partial charge in [0.25, 0.3) is 0 Å². The summed E-state index contributed by atoms with van der Waals surface area (Å²) >= 11 is 7.13. The largest absolute Gasteiger partial charge is 1.00 e. The van der Waals surface area contributed by atoms with E-state index < -0.39 is 302 Å². The molecule has 21 unspecified atom stereocenters. The topological polar surface area (TPSA) is 693 Å². The second-order valence-corrected chi connectivity index (χ2v) is 37.3. The molecule has 42 nitrogen and oxygen atoms in total. The van der Waals surface area contributed by atoms with E-state index in [2.05, 4.69) is 0 Å². The van der Waals surface area contributed by atoms with E-state index in [1.165, 1.54) is 0 Å². The molecule has 0 aliphatic carbocycles. The number of hydrogen-bond acceptors (Lipinski definition) is 49. The minimum atomic E-state index is -2.26. The summed E-state index contributed by atoms with van der Waals surface area (Å²) in [5.41, 5.74) is 0. The van der Waals surface area contributed by atoms with Crippen LogP contribution < -0.4 is 243 Å². The molecule has 14 bridgehead atoms. The number of hydrogen-bond donors (Lipinski definition) is 14. The number of carbonyl (C=O) groups is 7. The average Bonchev–Trinajstić information content (AvgIpc) is 0.785. The normalized spacial score (nSPS) is 37.6. The quantitative estimate of drug-likeness (QED) is 0.0199. The predicted molar refractivity (Wildman–Crippen MR) is 400 cm³/mol. The van der Waals surface area contributed by atoms with Crippen LogP contribution in [0.3, 0.4) is 0 Å². The SMILES string of the molecule is O=C([O-])CCCSCC1O[C@@H]2O[C@@H]3C(CSCCCC(=O)[O-])O[C@H](O[C@@H]4C(CSCCCC(=O)[O-])O[C@H](O[C@@H]5C(CSCCCC(=O)[O-])O[C@@H](O[C@@H]6C(CSCCCC(=O)[O-])O[C@H](O[C@@H]7C(CSCCCC(=O)[O-])O[C@H](O[C@@H]8C(CSCCCC(=O)[O-])O[C@H](O[C@H]1C(O)C2O)C(O)C8O)C(O)C7O)C(O)C6O)C(O)C5O)C(O)C4O)C(O)C3O.[Na+].[Na+].[Na+].[Na+].[Na+].[Na+].[Na+]. The molecule has 14 N–H and O–H groups in total. The first-order valence-corrected chi connectivity index (χ1v) is 46.9. The Bertz CT molecular complexity index is 2590. The molecule has 35 atom stereocenters. The summed E-state index contributed by atoms with van der Waals surface area (Å²) in [7, 11) is 0. The van der Waals surface area contributed by atoms with E-state index in [0.29, 0.717) is 0 Å². The predicted octanol–water partition coefficient (Wildman–Crippen LogP) is -34.3.